The van der Waals surface area contributed by atoms with Crippen LogP contribution in [0.2, 0.25) is 0 Å². The molecule has 0 aliphatic rings. The van der Waals surface area contributed by atoms with Crippen molar-refractivity contribution in [3.05, 3.63) is 93.0 Å². The van der Waals surface area contributed by atoms with Crippen LogP contribution in [0.4, 0.5) is 0 Å². The van der Waals surface area contributed by atoms with E-state index in [1.165, 1.54) is 11.3 Å². The summed E-state index contributed by atoms with van der Waals surface area (Å²) in [5.74, 6) is 0. The first-order valence-corrected chi connectivity index (χ1v) is 9.19. The Labute approximate surface area is 153 Å². The van der Waals surface area contributed by atoms with E-state index < -0.39 is 0 Å². The maximum absolute atomic E-state index is 13.0. The molecule has 0 atom stereocenters. The van der Waals surface area contributed by atoms with E-state index in [-0.39, 0.29) is 5.56 Å². The van der Waals surface area contributed by atoms with Crippen LogP contribution in [-0.2, 0) is 0 Å². The van der Waals surface area contributed by atoms with Gasteiger partial charge < -0.3 is 4.57 Å². The first-order valence-electron chi connectivity index (χ1n) is 8.38. The average molecular weight is 357 g/mol. The predicted molar refractivity (Wildman–Crippen MR) is 106 cm³/mol. The largest absolute Gasteiger partial charge is 0.314 e. The molecule has 0 bridgehead atoms. The quantitative estimate of drug-likeness (QED) is 0.485. The maximum atomic E-state index is 13.0. The van der Waals surface area contributed by atoms with E-state index in [1.807, 2.05) is 54.6 Å². The molecule has 5 heteroatoms. The van der Waals surface area contributed by atoms with Gasteiger partial charge in [-0.2, -0.15) is 0 Å². The number of aryl methyl sites for hydroxylation is 1. The standard InChI is InChI=1S/C21H15N3OS/c1-14-11-12-16(23(14)15-7-3-2-4-8-15)13-19-20(25)24-18-10-6-5-9-17(18)22-21(24)26-19/h2-13H,1H3/b19-13-. The highest BCUT2D eigenvalue weighted by Gasteiger charge is 2.11. The van der Waals surface area contributed by atoms with Gasteiger partial charge in [0.15, 0.2) is 4.96 Å². The minimum absolute atomic E-state index is 0.0165. The predicted octanol–water partition coefficient (Wildman–Crippen LogP) is 3.56. The van der Waals surface area contributed by atoms with Gasteiger partial charge in [0.25, 0.3) is 5.56 Å². The highest BCUT2D eigenvalue weighted by atomic mass is 32.1. The molecule has 126 valence electrons. The lowest BCUT2D eigenvalue weighted by Gasteiger charge is -2.08. The molecule has 0 spiro atoms. The number of para-hydroxylation sites is 3. The van der Waals surface area contributed by atoms with Crippen LogP contribution in [0.15, 0.2) is 71.5 Å². The molecule has 26 heavy (non-hydrogen) atoms. The van der Waals surface area contributed by atoms with E-state index in [0.717, 1.165) is 33.1 Å². The number of nitrogens with zero attached hydrogens (tertiary/aromatic N) is 3. The maximum Gasteiger partial charge on any atom is 0.275 e. The van der Waals surface area contributed by atoms with Crippen molar-refractivity contribution in [1.29, 1.82) is 0 Å². The summed E-state index contributed by atoms with van der Waals surface area (Å²) in [6.07, 6.45) is 1.95. The molecule has 0 amide bonds. The molecule has 5 rings (SSSR count). The zero-order chi connectivity index (χ0) is 17.7. The van der Waals surface area contributed by atoms with E-state index in [9.17, 15) is 4.79 Å². The highest BCUT2D eigenvalue weighted by molar-refractivity contribution is 7.15. The Bertz CT molecular complexity index is 1360. The lowest BCUT2D eigenvalue weighted by Crippen LogP contribution is -2.23. The van der Waals surface area contributed by atoms with E-state index in [2.05, 4.69) is 34.7 Å². The molecule has 0 aliphatic heterocycles. The normalized spacial score (nSPS) is 12.4. The van der Waals surface area contributed by atoms with Crippen molar-refractivity contribution < 1.29 is 0 Å². The molecule has 5 aromatic rings. The number of imidazole rings is 1. The number of hydrogen-bond donors (Lipinski definition) is 0. The van der Waals surface area contributed by atoms with E-state index >= 15 is 0 Å². The van der Waals surface area contributed by atoms with Gasteiger partial charge in [-0.15, -0.1) is 0 Å². The second-order valence-electron chi connectivity index (χ2n) is 6.20. The molecule has 4 nitrogen and oxygen atoms in total. The van der Waals surface area contributed by atoms with Gasteiger partial charge in [-0.1, -0.05) is 41.7 Å². The Morgan fingerprint density at radius 3 is 2.58 bits per heavy atom. The fourth-order valence-electron chi connectivity index (χ4n) is 3.35. The van der Waals surface area contributed by atoms with Crippen molar-refractivity contribution in [2.45, 2.75) is 6.92 Å². The Balaban J connectivity index is 1.76. The third kappa shape index (κ3) is 2.21. The first-order chi connectivity index (χ1) is 12.7. The molecule has 3 heterocycles. The summed E-state index contributed by atoms with van der Waals surface area (Å²) in [5.41, 5.74) is 4.89. The summed E-state index contributed by atoms with van der Waals surface area (Å²) in [6, 6.07) is 22.0. The molecule has 2 aromatic carbocycles. The molecule has 0 saturated heterocycles. The van der Waals surface area contributed by atoms with Gasteiger partial charge in [0, 0.05) is 17.1 Å². The van der Waals surface area contributed by atoms with Crippen molar-refractivity contribution >= 4 is 33.4 Å². The van der Waals surface area contributed by atoms with E-state index in [1.54, 1.807) is 4.40 Å². The Morgan fingerprint density at radius 2 is 1.73 bits per heavy atom. The van der Waals surface area contributed by atoms with Gasteiger partial charge in [0.1, 0.15) is 0 Å². The molecule has 0 N–H and O–H groups in total. The summed E-state index contributed by atoms with van der Waals surface area (Å²) in [6.45, 7) is 2.07. The second-order valence-corrected chi connectivity index (χ2v) is 7.21. The summed E-state index contributed by atoms with van der Waals surface area (Å²) >= 11 is 1.43. The monoisotopic (exact) mass is 357 g/mol. The number of rotatable bonds is 2. The third-order valence-corrected chi connectivity index (χ3v) is 5.51. The molecule has 0 saturated carbocycles. The van der Waals surface area contributed by atoms with Gasteiger partial charge in [-0.3, -0.25) is 4.79 Å². The fourth-order valence-corrected chi connectivity index (χ4v) is 4.32. The first kappa shape index (κ1) is 15.1. The Kier molecular flexibility index (Phi) is 3.30. The van der Waals surface area contributed by atoms with Crippen molar-refractivity contribution in [1.82, 2.24) is 14.0 Å². The molecule has 0 radical (unpaired) electrons. The summed E-state index contributed by atoms with van der Waals surface area (Å²) < 4.78 is 4.54. The topological polar surface area (TPSA) is 39.3 Å². The summed E-state index contributed by atoms with van der Waals surface area (Å²) in [7, 11) is 0. The lowest BCUT2D eigenvalue weighted by molar-refractivity contribution is 1.00. The minimum Gasteiger partial charge on any atom is -0.314 e. The number of benzene rings is 2. The van der Waals surface area contributed by atoms with Crippen LogP contribution in [0.1, 0.15) is 11.4 Å². The number of hydrogen-bond acceptors (Lipinski definition) is 3. The number of thiazole rings is 1. The van der Waals surface area contributed by atoms with Crippen LogP contribution >= 0.6 is 11.3 Å². The highest BCUT2D eigenvalue weighted by Crippen LogP contribution is 2.18. The molecule has 3 aromatic heterocycles. The molecule has 0 aliphatic carbocycles. The van der Waals surface area contributed by atoms with Gasteiger partial charge in [0.2, 0.25) is 0 Å². The fraction of sp³-hybridized carbons (Fsp3) is 0.0476. The number of fused-ring (bicyclic) bond motifs is 3. The number of aromatic nitrogens is 3. The van der Waals surface area contributed by atoms with Gasteiger partial charge >= 0.3 is 0 Å². The van der Waals surface area contributed by atoms with Crippen LogP contribution in [0.3, 0.4) is 0 Å². The van der Waals surface area contributed by atoms with Crippen LogP contribution in [0, 0.1) is 6.92 Å². The van der Waals surface area contributed by atoms with Crippen LogP contribution < -0.4 is 10.1 Å². The molecular formula is C21H15N3OS. The summed E-state index contributed by atoms with van der Waals surface area (Å²) in [4.78, 5) is 18.3. The zero-order valence-corrected chi connectivity index (χ0v) is 14.9. The minimum atomic E-state index is -0.0165. The SMILES string of the molecule is Cc1ccc(/C=c2\sc3nc4ccccc4n3c2=O)n1-c1ccccc1. The second kappa shape index (κ2) is 5.68. The van der Waals surface area contributed by atoms with Crippen LogP contribution in [0.5, 0.6) is 0 Å². The van der Waals surface area contributed by atoms with Crippen LogP contribution in [0.25, 0.3) is 27.8 Å². The van der Waals surface area contributed by atoms with Crippen molar-refractivity contribution in [3.8, 4) is 5.69 Å². The van der Waals surface area contributed by atoms with Gasteiger partial charge in [0.05, 0.1) is 15.6 Å². The molecular weight excluding hydrogens is 342 g/mol. The van der Waals surface area contributed by atoms with E-state index in [4.69, 9.17) is 0 Å². The van der Waals surface area contributed by atoms with Crippen molar-refractivity contribution in [3.63, 3.8) is 0 Å². The smallest absolute Gasteiger partial charge is 0.275 e. The van der Waals surface area contributed by atoms with Crippen molar-refractivity contribution in [2.75, 3.05) is 0 Å². The van der Waals surface area contributed by atoms with E-state index in [0.29, 0.717) is 4.53 Å². The average Bonchev–Trinajstić information content (AvgIpc) is 3.30. The van der Waals surface area contributed by atoms with Gasteiger partial charge in [-0.25, -0.2) is 9.38 Å². The van der Waals surface area contributed by atoms with Gasteiger partial charge in [-0.05, 0) is 49.4 Å². The summed E-state index contributed by atoms with van der Waals surface area (Å²) in [5, 5.41) is 0. The van der Waals surface area contributed by atoms with Crippen LogP contribution in [-0.4, -0.2) is 14.0 Å². The Morgan fingerprint density at radius 1 is 0.962 bits per heavy atom. The van der Waals surface area contributed by atoms with Crippen molar-refractivity contribution in [2.24, 2.45) is 0 Å². The zero-order valence-electron chi connectivity index (χ0n) is 14.1. The third-order valence-electron chi connectivity index (χ3n) is 4.54. The molecule has 0 unspecified atom stereocenters. The Hall–Kier alpha value is -3.18. The molecule has 0 fully saturated rings. The lowest BCUT2D eigenvalue weighted by atomic mass is 10.3.